The van der Waals surface area contributed by atoms with Crippen LogP contribution in [0.5, 0.6) is 0 Å². The molecule has 2 heterocycles. The van der Waals surface area contributed by atoms with Gasteiger partial charge in [-0.05, 0) is 73.5 Å². The standard InChI is InChI=1S/C53H40N4/c1-52(2)41-29-27-33-17-11-12-22-36(33)46(41)48-42(53(52,3)4)30-32-45-47(48)40-25-15-16-26-43(40)57(45)44-31-28-39(37-23-13-14-24-38(37)44)51-55-49(34-18-7-5-8-19-34)54-50(56-51)35-20-9-6-10-21-35/h5-32H,1-4H3. The molecule has 2 aromatic heterocycles. The van der Waals surface area contributed by atoms with Gasteiger partial charge in [0.1, 0.15) is 0 Å². The molecule has 1 aliphatic rings. The molecule has 0 saturated carbocycles. The molecule has 0 atom stereocenters. The van der Waals surface area contributed by atoms with Crippen LogP contribution in [0.25, 0.3) is 94.3 Å². The van der Waals surface area contributed by atoms with Crippen molar-refractivity contribution in [3.63, 3.8) is 0 Å². The molecule has 272 valence electrons. The number of fused-ring (bicyclic) bond motifs is 10. The minimum absolute atomic E-state index is 0.0901. The van der Waals surface area contributed by atoms with Crippen molar-refractivity contribution in [3.8, 4) is 51.0 Å². The quantitative estimate of drug-likeness (QED) is 0.181. The van der Waals surface area contributed by atoms with Gasteiger partial charge in [0.2, 0.25) is 0 Å². The molecule has 0 saturated heterocycles. The Labute approximate surface area is 332 Å². The number of hydrogen-bond donors (Lipinski definition) is 0. The summed E-state index contributed by atoms with van der Waals surface area (Å²) >= 11 is 0. The van der Waals surface area contributed by atoms with Gasteiger partial charge in [-0.2, -0.15) is 0 Å². The molecule has 10 aromatic rings. The van der Waals surface area contributed by atoms with Gasteiger partial charge in [-0.3, -0.25) is 0 Å². The van der Waals surface area contributed by atoms with E-state index in [1.807, 2.05) is 36.4 Å². The van der Waals surface area contributed by atoms with Gasteiger partial charge in [0, 0.05) is 32.8 Å². The van der Waals surface area contributed by atoms with Crippen LogP contribution in [-0.4, -0.2) is 19.5 Å². The van der Waals surface area contributed by atoms with Crippen molar-refractivity contribution >= 4 is 43.4 Å². The highest BCUT2D eigenvalue weighted by Gasteiger charge is 2.47. The van der Waals surface area contributed by atoms with Crippen molar-refractivity contribution < 1.29 is 0 Å². The summed E-state index contributed by atoms with van der Waals surface area (Å²) in [5.74, 6) is 1.95. The lowest BCUT2D eigenvalue weighted by molar-refractivity contribution is 0.300. The fourth-order valence-electron chi connectivity index (χ4n) is 9.44. The topological polar surface area (TPSA) is 43.6 Å². The van der Waals surface area contributed by atoms with Crippen LogP contribution in [0.3, 0.4) is 0 Å². The largest absolute Gasteiger partial charge is 0.309 e. The van der Waals surface area contributed by atoms with E-state index < -0.39 is 0 Å². The lowest BCUT2D eigenvalue weighted by Crippen LogP contribution is -2.43. The average molecular weight is 733 g/mol. The molecule has 11 rings (SSSR count). The molecule has 1 aliphatic carbocycles. The van der Waals surface area contributed by atoms with Gasteiger partial charge in [-0.15, -0.1) is 0 Å². The molecule has 0 fully saturated rings. The van der Waals surface area contributed by atoms with Gasteiger partial charge < -0.3 is 4.57 Å². The van der Waals surface area contributed by atoms with Crippen molar-refractivity contribution in [3.05, 3.63) is 181 Å². The van der Waals surface area contributed by atoms with E-state index in [1.165, 1.54) is 54.8 Å². The van der Waals surface area contributed by atoms with E-state index in [2.05, 4.69) is 166 Å². The summed E-state index contributed by atoms with van der Waals surface area (Å²) < 4.78 is 2.48. The van der Waals surface area contributed by atoms with Crippen molar-refractivity contribution in [2.75, 3.05) is 0 Å². The zero-order valence-electron chi connectivity index (χ0n) is 32.5. The molecule has 4 heteroatoms. The number of nitrogens with zero attached hydrogens (tertiary/aromatic N) is 4. The predicted octanol–water partition coefficient (Wildman–Crippen LogP) is 13.5. The second kappa shape index (κ2) is 12.3. The maximum atomic E-state index is 5.13. The highest BCUT2D eigenvalue weighted by molar-refractivity contribution is 6.20. The summed E-state index contributed by atoms with van der Waals surface area (Å²) in [4.78, 5) is 15.2. The Morgan fingerprint density at radius 1 is 0.386 bits per heavy atom. The van der Waals surface area contributed by atoms with Crippen LogP contribution in [0.1, 0.15) is 38.8 Å². The first-order valence-electron chi connectivity index (χ1n) is 19.8. The Morgan fingerprint density at radius 2 is 0.912 bits per heavy atom. The summed E-state index contributed by atoms with van der Waals surface area (Å²) in [7, 11) is 0. The molecular weight excluding hydrogens is 693 g/mol. The first-order chi connectivity index (χ1) is 27.8. The Bertz CT molecular complexity index is 3170. The zero-order chi connectivity index (χ0) is 38.5. The molecule has 0 N–H and O–H groups in total. The lowest BCUT2D eigenvalue weighted by atomic mass is 9.54. The van der Waals surface area contributed by atoms with Crippen LogP contribution in [-0.2, 0) is 10.8 Å². The number of rotatable bonds is 4. The monoisotopic (exact) mass is 732 g/mol. The van der Waals surface area contributed by atoms with Crippen LogP contribution in [0, 0.1) is 0 Å². The van der Waals surface area contributed by atoms with E-state index >= 15 is 0 Å². The predicted molar refractivity (Wildman–Crippen MR) is 237 cm³/mol. The summed E-state index contributed by atoms with van der Waals surface area (Å²) in [5, 5.41) is 7.34. The van der Waals surface area contributed by atoms with Gasteiger partial charge in [0.05, 0.1) is 16.7 Å². The Hall–Kier alpha value is -6.91. The average Bonchev–Trinajstić information content (AvgIpc) is 3.59. The van der Waals surface area contributed by atoms with Crippen molar-refractivity contribution in [1.82, 2.24) is 19.5 Å². The number of para-hydroxylation sites is 1. The second-order valence-corrected chi connectivity index (χ2v) is 16.4. The van der Waals surface area contributed by atoms with E-state index in [4.69, 9.17) is 15.0 Å². The van der Waals surface area contributed by atoms with E-state index in [-0.39, 0.29) is 10.8 Å². The molecule has 0 amide bonds. The lowest BCUT2D eigenvalue weighted by Gasteiger charge is -2.48. The molecule has 0 bridgehead atoms. The highest BCUT2D eigenvalue weighted by Crippen LogP contribution is 2.58. The second-order valence-electron chi connectivity index (χ2n) is 16.4. The summed E-state index contributed by atoms with van der Waals surface area (Å²) in [6.07, 6.45) is 0. The highest BCUT2D eigenvalue weighted by atomic mass is 15.0. The summed E-state index contributed by atoms with van der Waals surface area (Å²) in [6.45, 7) is 9.69. The number of hydrogen-bond acceptors (Lipinski definition) is 3. The first kappa shape index (κ1) is 33.4. The van der Waals surface area contributed by atoms with Crippen LogP contribution in [0.2, 0.25) is 0 Å². The fraction of sp³-hybridized carbons (Fsp3) is 0.113. The van der Waals surface area contributed by atoms with Crippen molar-refractivity contribution in [1.29, 1.82) is 0 Å². The maximum Gasteiger partial charge on any atom is 0.164 e. The van der Waals surface area contributed by atoms with Gasteiger partial charge in [0.15, 0.2) is 17.5 Å². The van der Waals surface area contributed by atoms with Gasteiger partial charge in [0.25, 0.3) is 0 Å². The van der Waals surface area contributed by atoms with Gasteiger partial charge in [-0.25, -0.2) is 15.0 Å². The van der Waals surface area contributed by atoms with Crippen LogP contribution in [0.15, 0.2) is 170 Å². The number of aromatic nitrogens is 4. The van der Waals surface area contributed by atoms with Crippen LogP contribution < -0.4 is 0 Å². The minimum Gasteiger partial charge on any atom is -0.309 e. The summed E-state index contributed by atoms with van der Waals surface area (Å²) in [6, 6.07) is 60.8. The SMILES string of the molecule is CC1(C)c2ccc3ccccc3c2-c2c(ccc3c2c2ccccc2n3-c2ccc(-c3nc(-c4ccccc4)nc(-c4ccccc4)n3)c3ccccc23)C1(C)C. The summed E-state index contributed by atoms with van der Waals surface area (Å²) in [5.41, 5.74) is 11.7. The van der Waals surface area contributed by atoms with E-state index in [0.29, 0.717) is 17.5 Å². The van der Waals surface area contributed by atoms with Crippen molar-refractivity contribution in [2.24, 2.45) is 0 Å². The molecule has 0 radical (unpaired) electrons. The Morgan fingerprint density at radius 3 is 1.60 bits per heavy atom. The molecule has 4 nitrogen and oxygen atoms in total. The molecule has 0 spiro atoms. The van der Waals surface area contributed by atoms with E-state index in [1.54, 1.807) is 0 Å². The smallest absolute Gasteiger partial charge is 0.164 e. The van der Waals surface area contributed by atoms with Gasteiger partial charge in [-0.1, -0.05) is 173 Å². The maximum absolute atomic E-state index is 5.13. The molecule has 8 aromatic carbocycles. The fourth-order valence-corrected chi connectivity index (χ4v) is 9.44. The van der Waals surface area contributed by atoms with Gasteiger partial charge >= 0.3 is 0 Å². The third-order valence-electron chi connectivity index (χ3n) is 13.0. The molecular formula is C53H40N4. The van der Waals surface area contributed by atoms with E-state index in [0.717, 1.165) is 33.2 Å². The molecule has 57 heavy (non-hydrogen) atoms. The molecule has 0 unspecified atom stereocenters. The van der Waals surface area contributed by atoms with Crippen molar-refractivity contribution in [2.45, 2.75) is 38.5 Å². The third kappa shape index (κ3) is 4.83. The zero-order valence-corrected chi connectivity index (χ0v) is 32.5. The Balaban J connectivity index is 1.20. The van der Waals surface area contributed by atoms with Crippen LogP contribution in [0.4, 0.5) is 0 Å². The normalized spacial score (nSPS) is 14.2. The van der Waals surface area contributed by atoms with E-state index in [9.17, 15) is 0 Å². The Kier molecular flexibility index (Phi) is 7.21. The first-order valence-corrected chi connectivity index (χ1v) is 19.8. The van der Waals surface area contributed by atoms with Crippen LogP contribution >= 0.6 is 0 Å². The number of benzene rings is 8. The third-order valence-corrected chi connectivity index (χ3v) is 13.0. The molecule has 0 aliphatic heterocycles. The minimum atomic E-state index is -0.120.